The largest absolute Gasteiger partial charge is 0.484 e. The van der Waals surface area contributed by atoms with Gasteiger partial charge in [-0.25, -0.2) is 9.18 Å². The standard InChI is InChI=1S/C18H20F4N2O5/c19-12-2-1-10(7-11(12)18(20,21)22)29-9-14(26)23-17-5-3-16(4-6-17,8-13(17)25)24-15(27)28/h1-2,7,13,24-25H,3-6,8-9H2,(H,23,26)(H,27,28). The van der Waals surface area contributed by atoms with Gasteiger partial charge in [-0.2, -0.15) is 13.2 Å². The molecule has 2 amide bonds. The van der Waals surface area contributed by atoms with Crippen molar-refractivity contribution in [3.05, 3.63) is 29.6 Å². The molecule has 1 aromatic rings. The number of hydrogen-bond acceptors (Lipinski definition) is 4. The average molecular weight is 420 g/mol. The number of alkyl halides is 3. The molecule has 0 spiro atoms. The second kappa shape index (κ2) is 7.36. The summed E-state index contributed by atoms with van der Waals surface area (Å²) in [5, 5.41) is 24.6. The number of amides is 2. The molecule has 1 aromatic carbocycles. The van der Waals surface area contributed by atoms with Gasteiger partial charge in [-0.05, 0) is 50.3 Å². The zero-order valence-corrected chi connectivity index (χ0v) is 15.2. The average Bonchev–Trinajstić information content (AvgIpc) is 2.61. The van der Waals surface area contributed by atoms with Crippen molar-refractivity contribution in [1.82, 2.24) is 10.6 Å². The first kappa shape index (κ1) is 21.2. The van der Waals surface area contributed by atoms with Crippen molar-refractivity contribution in [1.29, 1.82) is 0 Å². The van der Waals surface area contributed by atoms with Crippen LogP contribution in [0.5, 0.6) is 5.75 Å². The van der Waals surface area contributed by atoms with E-state index in [9.17, 15) is 32.3 Å². The predicted octanol–water partition coefficient (Wildman–Crippen LogP) is 2.42. The zero-order valence-electron chi connectivity index (χ0n) is 15.2. The van der Waals surface area contributed by atoms with E-state index in [1.807, 2.05) is 0 Å². The smallest absolute Gasteiger partial charge is 0.419 e. The Morgan fingerprint density at radius 3 is 2.38 bits per heavy atom. The summed E-state index contributed by atoms with van der Waals surface area (Å²) in [6.07, 6.45) is -5.35. The molecule has 160 valence electrons. The number of hydrogen-bond donors (Lipinski definition) is 4. The highest BCUT2D eigenvalue weighted by atomic mass is 19.4. The molecule has 0 aromatic heterocycles. The van der Waals surface area contributed by atoms with Crippen molar-refractivity contribution < 1.29 is 42.1 Å². The van der Waals surface area contributed by atoms with E-state index >= 15 is 0 Å². The first-order chi connectivity index (χ1) is 13.4. The maximum Gasteiger partial charge on any atom is 0.419 e. The molecule has 4 N–H and O–H groups in total. The summed E-state index contributed by atoms with van der Waals surface area (Å²) in [5.74, 6) is -2.41. The third kappa shape index (κ3) is 4.39. The van der Waals surface area contributed by atoms with E-state index in [1.54, 1.807) is 0 Å². The number of carbonyl (C=O) groups excluding carboxylic acids is 1. The van der Waals surface area contributed by atoms with Crippen LogP contribution in [0.15, 0.2) is 18.2 Å². The van der Waals surface area contributed by atoms with Crippen LogP contribution in [0.1, 0.15) is 37.7 Å². The topological polar surface area (TPSA) is 108 Å². The molecule has 1 atom stereocenters. The highest BCUT2D eigenvalue weighted by molar-refractivity contribution is 5.78. The van der Waals surface area contributed by atoms with Crippen LogP contribution >= 0.6 is 0 Å². The van der Waals surface area contributed by atoms with E-state index in [1.165, 1.54) is 0 Å². The number of carbonyl (C=O) groups is 2. The Hall–Kier alpha value is -2.56. The third-order valence-corrected chi connectivity index (χ3v) is 5.69. The minimum atomic E-state index is -4.89. The SMILES string of the molecule is O=C(O)NC12CCC(NC(=O)COc3ccc(F)c(C(F)(F)F)c3)(CC1)C(O)C2. The monoisotopic (exact) mass is 420 g/mol. The molecule has 29 heavy (non-hydrogen) atoms. The molecule has 3 aliphatic rings. The Balaban J connectivity index is 1.60. The van der Waals surface area contributed by atoms with Crippen molar-refractivity contribution in [2.75, 3.05) is 6.61 Å². The molecule has 0 radical (unpaired) electrons. The summed E-state index contributed by atoms with van der Waals surface area (Å²) in [5.41, 5.74) is -3.16. The molecule has 2 bridgehead atoms. The number of halogens is 4. The summed E-state index contributed by atoms with van der Waals surface area (Å²) in [4.78, 5) is 23.2. The fraction of sp³-hybridized carbons (Fsp3) is 0.556. The van der Waals surface area contributed by atoms with Gasteiger partial charge < -0.3 is 25.6 Å². The van der Waals surface area contributed by atoms with Crippen molar-refractivity contribution in [3.8, 4) is 5.75 Å². The molecule has 4 rings (SSSR count). The molecule has 3 fully saturated rings. The Morgan fingerprint density at radius 1 is 1.17 bits per heavy atom. The second-order valence-corrected chi connectivity index (χ2v) is 7.56. The first-order valence-corrected chi connectivity index (χ1v) is 8.95. The van der Waals surface area contributed by atoms with E-state index < -0.39 is 53.3 Å². The summed E-state index contributed by atoms with van der Waals surface area (Å²) in [7, 11) is 0. The highest BCUT2D eigenvalue weighted by Gasteiger charge is 2.55. The van der Waals surface area contributed by atoms with Crippen LogP contribution in [0.3, 0.4) is 0 Å². The van der Waals surface area contributed by atoms with Crippen LogP contribution in [0, 0.1) is 5.82 Å². The van der Waals surface area contributed by atoms with Gasteiger partial charge in [-0.3, -0.25) is 4.79 Å². The van der Waals surface area contributed by atoms with E-state index in [-0.39, 0.29) is 12.2 Å². The minimum Gasteiger partial charge on any atom is -0.484 e. The molecule has 11 heteroatoms. The van der Waals surface area contributed by atoms with E-state index in [0.717, 1.165) is 6.07 Å². The number of carboxylic acid groups (broad SMARTS) is 1. The van der Waals surface area contributed by atoms with Gasteiger partial charge in [0.25, 0.3) is 5.91 Å². The van der Waals surface area contributed by atoms with E-state index in [4.69, 9.17) is 9.84 Å². The maximum atomic E-state index is 13.3. The van der Waals surface area contributed by atoms with E-state index in [2.05, 4.69) is 10.6 Å². The van der Waals surface area contributed by atoms with Crippen LogP contribution < -0.4 is 15.4 Å². The van der Waals surface area contributed by atoms with Gasteiger partial charge in [-0.15, -0.1) is 0 Å². The summed E-state index contributed by atoms with van der Waals surface area (Å²) >= 11 is 0. The Kier molecular flexibility index (Phi) is 5.37. The molecule has 7 nitrogen and oxygen atoms in total. The number of aliphatic hydroxyl groups excluding tert-OH is 1. The van der Waals surface area contributed by atoms with Crippen molar-refractivity contribution in [2.24, 2.45) is 0 Å². The van der Waals surface area contributed by atoms with Crippen molar-refractivity contribution >= 4 is 12.0 Å². The van der Waals surface area contributed by atoms with Gasteiger partial charge in [0.2, 0.25) is 0 Å². The Labute approximate surface area is 163 Å². The lowest BCUT2D eigenvalue weighted by Crippen LogP contribution is -2.70. The molecular weight excluding hydrogens is 400 g/mol. The predicted molar refractivity (Wildman–Crippen MR) is 90.8 cm³/mol. The summed E-state index contributed by atoms with van der Waals surface area (Å²) in [6.45, 7) is -0.615. The molecule has 0 heterocycles. The molecule has 3 aliphatic carbocycles. The van der Waals surface area contributed by atoms with Crippen LogP contribution in [0.4, 0.5) is 22.4 Å². The van der Waals surface area contributed by atoms with Gasteiger partial charge in [0.15, 0.2) is 6.61 Å². The zero-order chi connectivity index (χ0) is 21.4. The van der Waals surface area contributed by atoms with Crippen LogP contribution in [0.25, 0.3) is 0 Å². The number of aliphatic hydroxyl groups is 1. The quantitative estimate of drug-likeness (QED) is 0.548. The molecule has 0 aliphatic heterocycles. The fourth-order valence-electron chi connectivity index (χ4n) is 4.16. The Bertz CT molecular complexity index is 806. The number of ether oxygens (including phenoxy) is 1. The Morgan fingerprint density at radius 2 is 1.83 bits per heavy atom. The minimum absolute atomic E-state index is 0.146. The van der Waals surface area contributed by atoms with Crippen molar-refractivity contribution in [2.45, 2.75) is 55.5 Å². The maximum absolute atomic E-state index is 13.3. The first-order valence-electron chi connectivity index (χ1n) is 8.95. The van der Waals surface area contributed by atoms with Gasteiger partial charge in [0.1, 0.15) is 11.6 Å². The van der Waals surface area contributed by atoms with Gasteiger partial charge in [0.05, 0.1) is 17.2 Å². The van der Waals surface area contributed by atoms with Crippen LogP contribution in [-0.2, 0) is 11.0 Å². The lowest BCUT2D eigenvalue weighted by Gasteiger charge is -2.55. The third-order valence-electron chi connectivity index (χ3n) is 5.69. The lowest BCUT2D eigenvalue weighted by molar-refractivity contribution is -0.140. The van der Waals surface area contributed by atoms with Gasteiger partial charge >= 0.3 is 12.3 Å². The summed E-state index contributed by atoms with van der Waals surface area (Å²) < 4.78 is 56.6. The molecule has 1 unspecified atom stereocenters. The van der Waals surface area contributed by atoms with E-state index in [0.29, 0.717) is 37.8 Å². The normalized spacial score (nSPS) is 28.7. The van der Waals surface area contributed by atoms with Gasteiger partial charge in [-0.1, -0.05) is 0 Å². The van der Waals surface area contributed by atoms with Crippen LogP contribution in [0.2, 0.25) is 0 Å². The lowest BCUT2D eigenvalue weighted by atomic mass is 9.60. The van der Waals surface area contributed by atoms with Gasteiger partial charge in [0, 0.05) is 5.54 Å². The molecular formula is C18H20F4N2O5. The molecule has 3 saturated carbocycles. The summed E-state index contributed by atoms with van der Waals surface area (Å²) in [6, 6.07) is 2.07. The number of fused-ring (bicyclic) bond motifs is 3. The molecule has 0 saturated heterocycles. The fourth-order valence-corrected chi connectivity index (χ4v) is 4.16. The van der Waals surface area contributed by atoms with Crippen LogP contribution in [-0.4, -0.2) is 46.0 Å². The van der Waals surface area contributed by atoms with Crippen molar-refractivity contribution in [3.63, 3.8) is 0 Å². The second-order valence-electron chi connectivity index (χ2n) is 7.56. The number of rotatable bonds is 5. The highest BCUT2D eigenvalue weighted by Crippen LogP contribution is 2.47. The number of nitrogens with one attached hydrogen (secondary N) is 2. The number of benzene rings is 1.